The van der Waals surface area contributed by atoms with E-state index in [9.17, 15) is 22.4 Å². The molecule has 162 valence electrons. The molecule has 0 saturated carbocycles. The first-order valence-electron chi connectivity index (χ1n) is 9.34. The van der Waals surface area contributed by atoms with Gasteiger partial charge < -0.3 is 14.5 Å². The average molecular weight is 439 g/mol. The van der Waals surface area contributed by atoms with E-state index < -0.39 is 21.8 Å². The number of piperazine rings is 1. The number of nitrogens with one attached hydrogen (secondary N) is 1. The van der Waals surface area contributed by atoms with E-state index in [0.717, 1.165) is 0 Å². The van der Waals surface area contributed by atoms with Gasteiger partial charge in [0.05, 0.1) is 13.2 Å². The number of hydrogen-bond acceptors (Lipinski definition) is 7. The molecule has 9 nitrogen and oxygen atoms in total. The molecule has 30 heavy (non-hydrogen) atoms. The standard InChI is InChI=1S/C19H22FN3O6S/c1-2-28-19(25)16-7-8-18(29-16)30(26,27)23-11-9-22(10-12-23)13-17(24)21-15-5-3-14(20)4-6-15/h3-8H,2,9-13H2,1H3,(H,21,24). The zero-order valence-corrected chi connectivity index (χ0v) is 17.2. The van der Waals surface area contributed by atoms with Crippen molar-refractivity contribution in [3.8, 4) is 0 Å². The van der Waals surface area contributed by atoms with Crippen LogP contribution in [0.3, 0.4) is 0 Å². The van der Waals surface area contributed by atoms with E-state index in [0.29, 0.717) is 18.8 Å². The van der Waals surface area contributed by atoms with Crippen LogP contribution in [0, 0.1) is 5.82 Å². The molecule has 1 aromatic carbocycles. The zero-order chi connectivity index (χ0) is 21.7. The van der Waals surface area contributed by atoms with Crippen LogP contribution in [0.5, 0.6) is 0 Å². The molecule has 0 radical (unpaired) electrons. The van der Waals surface area contributed by atoms with Gasteiger partial charge in [0.2, 0.25) is 16.8 Å². The third-order valence-electron chi connectivity index (χ3n) is 4.48. The summed E-state index contributed by atoms with van der Waals surface area (Å²) in [6.45, 7) is 2.90. The first kappa shape index (κ1) is 21.9. The number of carbonyl (C=O) groups excluding carboxylic acids is 2. The van der Waals surface area contributed by atoms with Gasteiger partial charge in [0.15, 0.2) is 0 Å². The van der Waals surface area contributed by atoms with Crippen LogP contribution in [0.1, 0.15) is 17.5 Å². The Balaban J connectivity index is 1.53. The summed E-state index contributed by atoms with van der Waals surface area (Å²) in [6, 6.07) is 7.92. The minimum atomic E-state index is -3.90. The van der Waals surface area contributed by atoms with Gasteiger partial charge in [-0.2, -0.15) is 4.31 Å². The monoisotopic (exact) mass is 439 g/mol. The molecule has 3 rings (SSSR count). The molecule has 1 fully saturated rings. The topological polar surface area (TPSA) is 109 Å². The molecule has 0 aliphatic carbocycles. The number of benzene rings is 1. The minimum absolute atomic E-state index is 0.0824. The summed E-state index contributed by atoms with van der Waals surface area (Å²) in [5.74, 6) is -1.57. The molecule has 1 aliphatic rings. The Morgan fingerprint density at radius 1 is 1.10 bits per heavy atom. The number of rotatable bonds is 7. The maximum atomic E-state index is 12.9. The van der Waals surface area contributed by atoms with Crippen molar-refractivity contribution in [1.82, 2.24) is 9.21 Å². The molecular formula is C19H22FN3O6S. The Hall–Kier alpha value is -2.76. The van der Waals surface area contributed by atoms with Gasteiger partial charge in [-0.15, -0.1) is 0 Å². The number of sulfonamides is 1. The highest BCUT2D eigenvalue weighted by Gasteiger charge is 2.32. The number of anilines is 1. The minimum Gasteiger partial charge on any atom is -0.460 e. The molecule has 0 bridgehead atoms. The van der Waals surface area contributed by atoms with Gasteiger partial charge in [-0.3, -0.25) is 9.69 Å². The number of hydrogen-bond donors (Lipinski definition) is 1. The Morgan fingerprint density at radius 2 is 1.77 bits per heavy atom. The molecule has 1 amide bonds. The predicted octanol–water partition coefficient (Wildman–Crippen LogP) is 1.54. The summed E-state index contributed by atoms with van der Waals surface area (Å²) in [5.41, 5.74) is 0.484. The fourth-order valence-corrected chi connectivity index (χ4v) is 4.30. The molecule has 1 N–H and O–H groups in total. The molecule has 2 heterocycles. The van der Waals surface area contributed by atoms with Crippen molar-refractivity contribution in [2.75, 3.05) is 44.6 Å². The molecule has 0 spiro atoms. The molecular weight excluding hydrogens is 417 g/mol. The van der Waals surface area contributed by atoms with Crippen LogP contribution in [0.2, 0.25) is 0 Å². The van der Waals surface area contributed by atoms with Crippen molar-refractivity contribution < 1.29 is 31.6 Å². The van der Waals surface area contributed by atoms with Gasteiger partial charge in [0.25, 0.3) is 10.0 Å². The number of esters is 1. The Bertz CT molecular complexity index is 998. The third kappa shape index (κ3) is 5.23. The van der Waals surface area contributed by atoms with Gasteiger partial charge >= 0.3 is 5.97 Å². The Labute approximate surface area is 173 Å². The summed E-state index contributed by atoms with van der Waals surface area (Å²) in [6.07, 6.45) is 0. The fourth-order valence-electron chi connectivity index (χ4n) is 2.96. The largest absolute Gasteiger partial charge is 0.460 e. The van der Waals surface area contributed by atoms with Gasteiger partial charge in [0, 0.05) is 31.9 Å². The highest BCUT2D eigenvalue weighted by Crippen LogP contribution is 2.21. The van der Waals surface area contributed by atoms with Crippen LogP contribution < -0.4 is 5.32 Å². The number of ether oxygens (including phenoxy) is 1. The summed E-state index contributed by atoms with van der Waals surface area (Å²) in [7, 11) is -3.90. The van der Waals surface area contributed by atoms with Crippen molar-refractivity contribution in [3.05, 3.63) is 48.0 Å². The van der Waals surface area contributed by atoms with E-state index in [1.54, 1.807) is 6.92 Å². The van der Waals surface area contributed by atoms with Gasteiger partial charge in [0.1, 0.15) is 5.82 Å². The average Bonchev–Trinajstić information content (AvgIpc) is 3.22. The van der Waals surface area contributed by atoms with Crippen molar-refractivity contribution in [2.24, 2.45) is 0 Å². The van der Waals surface area contributed by atoms with Crippen LogP contribution in [-0.2, 0) is 19.6 Å². The number of halogens is 1. The molecule has 1 aromatic heterocycles. The maximum absolute atomic E-state index is 12.9. The van der Waals surface area contributed by atoms with Crippen LogP contribution in [0.15, 0.2) is 45.9 Å². The van der Waals surface area contributed by atoms with E-state index in [1.807, 2.05) is 4.90 Å². The first-order valence-corrected chi connectivity index (χ1v) is 10.8. The molecule has 2 aromatic rings. The fraction of sp³-hybridized carbons (Fsp3) is 0.368. The normalized spacial score (nSPS) is 15.7. The predicted molar refractivity (Wildman–Crippen MR) is 105 cm³/mol. The van der Waals surface area contributed by atoms with E-state index >= 15 is 0 Å². The molecule has 1 saturated heterocycles. The van der Waals surface area contributed by atoms with Gasteiger partial charge in [-0.1, -0.05) is 0 Å². The number of carbonyl (C=O) groups is 2. The van der Waals surface area contributed by atoms with E-state index in [2.05, 4.69) is 5.32 Å². The lowest BCUT2D eigenvalue weighted by Crippen LogP contribution is -2.50. The van der Waals surface area contributed by atoms with Crippen LogP contribution in [-0.4, -0.2) is 68.8 Å². The first-order chi connectivity index (χ1) is 14.3. The maximum Gasteiger partial charge on any atom is 0.374 e. The highest BCUT2D eigenvalue weighted by atomic mass is 32.2. The summed E-state index contributed by atoms with van der Waals surface area (Å²) in [4.78, 5) is 25.6. The third-order valence-corrected chi connectivity index (χ3v) is 6.25. The van der Waals surface area contributed by atoms with Crippen molar-refractivity contribution in [1.29, 1.82) is 0 Å². The number of nitrogens with zero attached hydrogens (tertiary/aromatic N) is 2. The van der Waals surface area contributed by atoms with E-state index in [-0.39, 0.29) is 43.0 Å². The lowest BCUT2D eigenvalue weighted by atomic mass is 10.3. The summed E-state index contributed by atoms with van der Waals surface area (Å²) >= 11 is 0. The van der Waals surface area contributed by atoms with Crippen LogP contribution in [0.4, 0.5) is 10.1 Å². The highest BCUT2D eigenvalue weighted by molar-refractivity contribution is 7.89. The second-order valence-electron chi connectivity index (χ2n) is 6.57. The van der Waals surface area contributed by atoms with Crippen molar-refractivity contribution >= 4 is 27.6 Å². The zero-order valence-electron chi connectivity index (χ0n) is 16.3. The van der Waals surface area contributed by atoms with Crippen LogP contribution in [0.25, 0.3) is 0 Å². The molecule has 0 unspecified atom stereocenters. The smallest absolute Gasteiger partial charge is 0.374 e. The second-order valence-corrected chi connectivity index (χ2v) is 8.44. The molecule has 0 atom stereocenters. The number of amides is 1. The molecule has 11 heteroatoms. The lowest BCUT2D eigenvalue weighted by molar-refractivity contribution is -0.117. The number of furan rings is 1. The Kier molecular flexibility index (Phi) is 6.85. The van der Waals surface area contributed by atoms with Gasteiger partial charge in [-0.25, -0.2) is 17.6 Å². The van der Waals surface area contributed by atoms with Crippen molar-refractivity contribution in [2.45, 2.75) is 12.0 Å². The van der Waals surface area contributed by atoms with Gasteiger partial charge in [-0.05, 0) is 43.3 Å². The van der Waals surface area contributed by atoms with E-state index in [1.165, 1.54) is 40.7 Å². The SMILES string of the molecule is CCOC(=O)c1ccc(S(=O)(=O)N2CCN(CC(=O)Nc3ccc(F)cc3)CC2)o1. The second kappa shape index (κ2) is 9.37. The molecule has 1 aliphatic heterocycles. The Morgan fingerprint density at radius 3 is 2.40 bits per heavy atom. The summed E-state index contributed by atoms with van der Waals surface area (Å²) < 4.78 is 49.6. The van der Waals surface area contributed by atoms with Crippen molar-refractivity contribution in [3.63, 3.8) is 0 Å². The van der Waals surface area contributed by atoms with E-state index in [4.69, 9.17) is 9.15 Å². The quantitative estimate of drug-likeness (QED) is 0.652. The lowest BCUT2D eigenvalue weighted by Gasteiger charge is -2.32. The van der Waals surface area contributed by atoms with Crippen LogP contribution >= 0.6 is 0 Å². The summed E-state index contributed by atoms with van der Waals surface area (Å²) in [5, 5.41) is 2.34.